The Morgan fingerprint density at radius 3 is 1.94 bits per heavy atom. The number of allylic oxidation sites excluding steroid dienone is 6. The molecule has 0 amide bonds. The Hall–Kier alpha value is -1.92. The molecule has 1 N–H and O–H groups in total. The first-order valence-electron chi connectivity index (χ1n) is 12.5. The summed E-state index contributed by atoms with van der Waals surface area (Å²) in [6, 6.07) is 0. The largest absolute Gasteiger partial charge is 0.550 e. The molecule has 0 spiro atoms. The number of hydrogen-bond acceptors (Lipinski definition) is 5. The average Bonchev–Trinajstić information content (AvgIpc) is 2.68. The number of likely N-dealkylation sites (N-methyl/N-ethyl adjacent to an activating group) is 1. The van der Waals surface area contributed by atoms with Crippen LogP contribution in [0.1, 0.15) is 84.0 Å². The third-order valence-corrected chi connectivity index (χ3v) is 5.02. The van der Waals surface area contributed by atoms with E-state index in [0.717, 1.165) is 32.1 Å². The second-order valence-corrected chi connectivity index (χ2v) is 9.68. The number of hydrogen-bond donors (Lipinski definition) is 1. The number of ether oxygens (including phenoxy) is 1. The quantitative estimate of drug-likeness (QED) is 0.127. The van der Waals surface area contributed by atoms with Crippen molar-refractivity contribution < 1.29 is 29.0 Å². The van der Waals surface area contributed by atoms with Gasteiger partial charge in [-0.25, -0.2) is 0 Å². The van der Waals surface area contributed by atoms with Crippen LogP contribution >= 0.6 is 0 Å². The lowest BCUT2D eigenvalue weighted by atomic mass is 10.1. The minimum Gasteiger partial charge on any atom is -0.550 e. The number of carbonyl (C=O) groups is 2. The summed E-state index contributed by atoms with van der Waals surface area (Å²) >= 11 is 0. The fourth-order valence-electron chi connectivity index (χ4n) is 3.40. The highest BCUT2D eigenvalue weighted by atomic mass is 16.5. The van der Waals surface area contributed by atoms with E-state index in [0.29, 0.717) is 17.4 Å². The van der Waals surface area contributed by atoms with Crippen molar-refractivity contribution in [1.29, 1.82) is 0 Å². The van der Waals surface area contributed by atoms with Crippen molar-refractivity contribution in [2.24, 2.45) is 0 Å². The molecule has 2 atom stereocenters. The van der Waals surface area contributed by atoms with Crippen molar-refractivity contribution >= 4 is 11.9 Å². The molecule has 0 aliphatic heterocycles. The van der Waals surface area contributed by atoms with E-state index >= 15 is 0 Å². The Morgan fingerprint density at radius 2 is 1.42 bits per heavy atom. The minimum absolute atomic E-state index is 0.117. The summed E-state index contributed by atoms with van der Waals surface area (Å²) < 4.78 is 5.75. The van der Waals surface area contributed by atoms with Gasteiger partial charge in [-0.1, -0.05) is 62.6 Å². The number of carbonyl (C=O) groups excluding carboxylic acids is 2. The molecule has 0 rings (SSSR count). The Bertz CT molecular complexity index is 604. The summed E-state index contributed by atoms with van der Waals surface area (Å²) in [6.07, 6.45) is 21.4. The van der Waals surface area contributed by atoms with Gasteiger partial charge in [0.25, 0.3) is 0 Å². The number of quaternary nitrogens is 1. The van der Waals surface area contributed by atoms with E-state index in [-0.39, 0.29) is 12.8 Å². The number of aliphatic carboxylic acids is 1. The number of aliphatic hydroxyl groups excluding tert-OH is 1. The van der Waals surface area contributed by atoms with Gasteiger partial charge in [0.05, 0.1) is 33.7 Å². The van der Waals surface area contributed by atoms with Crippen molar-refractivity contribution in [3.8, 4) is 0 Å². The highest BCUT2D eigenvalue weighted by Crippen LogP contribution is 2.11. The monoisotopic (exact) mass is 465 g/mol. The zero-order valence-corrected chi connectivity index (χ0v) is 21.3. The molecule has 0 aliphatic rings. The first-order chi connectivity index (χ1) is 15.6. The van der Waals surface area contributed by atoms with Crippen LogP contribution in [0, 0.1) is 0 Å². The number of carboxylic acid groups (broad SMARTS) is 1. The van der Waals surface area contributed by atoms with Crippen molar-refractivity contribution in [1.82, 2.24) is 0 Å². The Kier molecular flexibility index (Phi) is 18.4. The van der Waals surface area contributed by atoms with Crippen molar-refractivity contribution in [2.75, 3.05) is 27.7 Å². The SMILES string of the molecule is CCCCC/C=C/C/C=C/C/C=C/CCCCC(O)CC(=O)OC(CC(=O)[O-])C[N+](C)(C)C. The van der Waals surface area contributed by atoms with E-state index in [9.17, 15) is 19.8 Å². The fourth-order valence-corrected chi connectivity index (χ4v) is 3.40. The second-order valence-electron chi connectivity index (χ2n) is 9.68. The highest BCUT2D eigenvalue weighted by Gasteiger charge is 2.23. The van der Waals surface area contributed by atoms with Gasteiger partial charge in [-0.15, -0.1) is 0 Å². The van der Waals surface area contributed by atoms with Crippen LogP contribution in [0.15, 0.2) is 36.5 Å². The summed E-state index contributed by atoms with van der Waals surface area (Å²) in [5.41, 5.74) is 0. The summed E-state index contributed by atoms with van der Waals surface area (Å²) in [5.74, 6) is -1.82. The zero-order chi connectivity index (χ0) is 25.0. The molecule has 0 fully saturated rings. The van der Waals surface area contributed by atoms with Gasteiger partial charge in [0, 0.05) is 12.4 Å². The highest BCUT2D eigenvalue weighted by molar-refractivity contribution is 5.71. The van der Waals surface area contributed by atoms with E-state index in [1.807, 2.05) is 21.1 Å². The van der Waals surface area contributed by atoms with Gasteiger partial charge in [0.2, 0.25) is 0 Å². The normalized spacial score (nSPS) is 14.3. The molecule has 0 aromatic heterocycles. The number of esters is 1. The summed E-state index contributed by atoms with van der Waals surface area (Å²) in [4.78, 5) is 23.0. The lowest BCUT2D eigenvalue weighted by Gasteiger charge is -2.29. The lowest BCUT2D eigenvalue weighted by Crippen LogP contribution is -2.45. The van der Waals surface area contributed by atoms with Gasteiger partial charge in [-0.05, 0) is 44.9 Å². The smallest absolute Gasteiger partial charge is 0.308 e. The number of aliphatic hydroxyl groups is 1. The predicted octanol–water partition coefficient (Wildman–Crippen LogP) is 4.08. The number of rotatable bonds is 20. The molecule has 0 aromatic rings. The van der Waals surface area contributed by atoms with Gasteiger partial charge < -0.3 is 24.2 Å². The Morgan fingerprint density at radius 1 is 0.879 bits per heavy atom. The van der Waals surface area contributed by atoms with E-state index in [4.69, 9.17) is 4.74 Å². The van der Waals surface area contributed by atoms with Gasteiger partial charge in [-0.3, -0.25) is 4.79 Å². The summed E-state index contributed by atoms with van der Waals surface area (Å²) in [7, 11) is 5.68. The van der Waals surface area contributed by atoms with E-state index in [1.54, 1.807) is 0 Å². The Labute approximate surface area is 201 Å². The number of unbranched alkanes of at least 4 members (excludes halogenated alkanes) is 5. The third-order valence-electron chi connectivity index (χ3n) is 5.02. The molecule has 0 heterocycles. The second kappa shape index (κ2) is 19.5. The molecule has 0 saturated carbocycles. The van der Waals surface area contributed by atoms with Gasteiger partial charge in [-0.2, -0.15) is 0 Å². The molecule has 6 heteroatoms. The maximum Gasteiger partial charge on any atom is 0.308 e. The summed E-state index contributed by atoms with van der Waals surface area (Å²) in [5, 5.41) is 21.0. The average molecular weight is 466 g/mol. The Balaban J connectivity index is 3.91. The first-order valence-corrected chi connectivity index (χ1v) is 12.5. The van der Waals surface area contributed by atoms with Crippen molar-refractivity contribution in [3.63, 3.8) is 0 Å². The van der Waals surface area contributed by atoms with Crippen LogP contribution in [0.4, 0.5) is 0 Å². The molecule has 0 saturated heterocycles. The molecule has 6 nitrogen and oxygen atoms in total. The maximum atomic E-state index is 12.1. The maximum absolute atomic E-state index is 12.1. The molecular formula is C27H47NO5. The van der Waals surface area contributed by atoms with Crippen molar-refractivity contribution in [2.45, 2.75) is 96.2 Å². The number of nitrogens with zero attached hydrogens (tertiary/aromatic N) is 1. The van der Waals surface area contributed by atoms with E-state index in [2.05, 4.69) is 43.4 Å². The van der Waals surface area contributed by atoms with E-state index < -0.39 is 24.1 Å². The zero-order valence-electron chi connectivity index (χ0n) is 21.3. The summed E-state index contributed by atoms with van der Waals surface area (Å²) in [6.45, 7) is 2.59. The van der Waals surface area contributed by atoms with Crippen LogP contribution in [0.2, 0.25) is 0 Å². The first kappa shape index (κ1) is 31.1. The standard InChI is InChI=1S/C27H47NO5/c1-5-6-7-8-9-10-11-12-13-14-15-16-17-18-19-20-24(29)21-27(32)33-25(22-26(30)31)23-28(2,3)4/h9-10,12-13,15-16,24-25,29H,5-8,11,14,17-23H2,1-4H3/b10-9+,13-12+,16-15+. The molecule has 33 heavy (non-hydrogen) atoms. The van der Waals surface area contributed by atoms with Crippen LogP contribution in [0.25, 0.3) is 0 Å². The number of carboxylic acids is 1. The van der Waals surface area contributed by atoms with Crippen molar-refractivity contribution in [3.05, 3.63) is 36.5 Å². The van der Waals surface area contributed by atoms with Crippen LogP contribution in [0.3, 0.4) is 0 Å². The fraction of sp³-hybridized carbons (Fsp3) is 0.704. The molecule has 2 unspecified atom stereocenters. The molecule has 0 aliphatic carbocycles. The molecule has 0 radical (unpaired) electrons. The molecule has 190 valence electrons. The van der Waals surface area contributed by atoms with Gasteiger partial charge in [0.15, 0.2) is 6.10 Å². The van der Waals surface area contributed by atoms with E-state index in [1.165, 1.54) is 25.7 Å². The van der Waals surface area contributed by atoms with Gasteiger partial charge in [0.1, 0.15) is 6.54 Å². The predicted molar refractivity (Wildman–Crippen MR) is 132 cm³/mol. The topological polar surface area (TPSA) is 86.7 Å². The third kappa shape index (κ3) is 23.0. The molecule has 0 aromatic carbocycles. The van der Waals surface area contributed by atoms with Crippen LogP contribution in [-0.4, -0.2) is 61.4 Å². The molecule has 0 bridgehead atoms. The van der Waals surface area contributed by atoms with Crippen LogP contribution in [-0.2, 0) is 14.3 Å². The molecular weight excluding hydrogens is 418 g/mol. The van der Waals surface area contributed by atoms with Gasteiger partial charge >= 0.3 is 5.97 Å². The van der Waals surface area contributed by atoms with Crippen LogP contribution in [0.5, 0.6) is 0 Å². The van der Waals surface area contributed by atoms with Crippen LogP contribution < -0.4 is 5.11 Å². The lowest BCUT2D eigenvalue weighted by molar-refractivity contribution is -0.873. The minimum atomic E-state index is -1.25.